The van der Waals surface area contributed by atoms with Crippen LogP contribution in [-0.2, 0) is 4.74 Å². The Balaban J connectivity index is 1.33. The average molecular weight is 521 g/mol. The lowest BCUT2D eigenvalue weighted by Crippen LogP contribution is -2.46. The van der Waals surface area contributed by atoms with Gasteiger partial charge in [-0.1, -0.05) is 0 Å². The maximum atomic E-state index is 14.5. The second kappa shape index (κ2) is 9.66. The lowest BCUT2D eigenvalue weighted by Gasteiger charge is -2.34. The van der Waals surface area contributed by atoms with Gasteiger partial charge >= 0.3 is 6.09 Å². The van der Waals surface area contributed by atoms with Gasteiger partial charge in [0.15, 0.2) is 11.5 Å². The Hall–Kier alpha value is -4.08. The van der Waals surface area contributed by atoms with Crippen molar-refractivity contribution in [2.24, 2.45) is 0 Å². The summed E-state index contributed by atoms with van der Waals surface area (Å²) in [5, 5.41) is 6.75. The maximum Gasteiger partial charge on any atom is 0.407 e. The van der Waals surface area contributed by atoms with Gasteiger partial charge in [0.2, 0.25) is 0 Å². The molecule has 1 saturated heterocycles. The van der Waals surface area contributed by atoms with Gasteiger partial charge < -0.3 is 29.7 Å². The molecule has 3 N–H and O–H groups in total. The van der Waals surface area contributed by atoms with E-state index >= 15 is 0 Å². The van der Waals surface area contributed by atoms with Crippen LogP contribution in [0.25, 0.3) is 16.6 Å². The summed E-state index contributed by atoms with van der Waals surface area (Å²) in [6.07, 6.45) is 4.54. The smallest absolute Gasteiger partial charge is 0.407 e. The molecule has 5 rings (SSSR count). The molecular formula is C28H33FN6O3. The number of carbonyl (C=O) groups is 2. The standard InChI is InChI=1S/C28H33FN6O3/c1-16-12-21-23(34-10-8-18(9-11-34)33-27(37)38-28(3,4)5)7-6-20(24(21)30-16)26(36)32-19-13-22(29)25-31-17(2)14-35(25)15-19/h6-7,12-15,18,30H,8-11H2,1-5H3,(H,32,36)(H,33,37). The number of nitrogens with zero attached hydrogens (tertiary/aromatic N) is 3. The van der Waals surface area contributed by atoms with Crippen molar-refractivity contribution in [1.82, 2.24) is 19.7 Å². The summed E-state index contributed by atoms with van der Waals surface area (Å²) in [7, 11) is 0. The molecule has 0 bridgehead atoms. The van der Waals surface area contributed by atoms with E-state index in [1.54, 1.807) is 29.8 Å². The highest BCUT2D eigenvalue weighted by Crippen LogP contribution is 2.32. The Kier molecular flexibility index (Phi) is 6.50. The summed E-state index contributed by atoms with van der Waals surface area (Å²) >= 11 is 0. The van der Waals surface area contributed by atoms with E-state index in [2.05, 4.69) is 25.5 Å². The van der Waals surface area contributed by atoms with Crippen molar-refractivity contribution in [3.05, 3.63) is 59.4 Å². The fourth-order valence-electron chi connectivity index (χ4n) is 4.99. The minimum atomic E-state index is -0.532. The summed E-state index contributed by atoms with van der Waals surface area (Å²) in [6.45, 7) is 10.8. The molecule has 0 spiro atoms. The first kappa shape index (κ1) is 25.6. The number of piperidine rings is 1. The minimum absolute atomic E-state index is 0.0478. The number of ether oxygens (including phenoxy) is 1. The molecule has 200 valence electrons. The van der Waals surface area contributed by atoms with E-state index in [-0.39, 0.29) is 17.6 Å². The molecule has 1 fully saturated rings. The molecule has 38 heavy (non-hydrogen) atoms. The van der Waals surface area contributed by atoms with E-state index in [1.165, 1.54) is 6.07 Å². The number of aromatic amines is 1. The number of amides is 2. The fraction of sp³-hybridized carbons (Fsp3) is 0.393. The molecular weight excluding hydrogens is 487 g/mol. The number of H-pyrrole nitrogens is 1. The molecule has 1 aliphatic heterocycles. The quantitative estimate of drug-likeness (QED) is 0.338. The van der Waals surface area contributed by atoms with Crippen molar-refractivity contribution < 1.29 is 18.7 Å². The second-order valence-electron chi connectivity index (χ2n) is 10.9. The lowest BCUT2D eigenvalue weighted by molar-refractivity contribution is 0.0497. The summed E-state index contributed by atoms with van der Waals surface area (Å²) < 4.78 is 21.5. The van der Waals surface area contributed by atoms with Crippen LogP contribution in [0, 0.1) is 19.7 Å². The molecule has 2 amide bonds. The van der Waals surface area contributed by atoms with Crippen LogP contribution in [0.4, 0.5) is 20.6 Å². The SMILES string of the molecule is Cc1cn2cc(NC(=O)c3ccc(N4CCC(NC(=O)OC(C)(C)C)CC4)c4cc(C)[nH]c34)cc(F)c2n1. The number of rotatable bonds is 4. The molecule has 0 saturated carbocycles. The zero-order chi connectivity index (χ0) is 27.2. The van der Waals surface area contributed by atoms with E-state index < -0.39 is 17.5 Å². The number of carbonyl (C=O) groups excluding carboxylic acids is 2. The Morgan fingerprint density at radius 1 is 1.13 bits per heavy atom. The number of hydrogen-bond acceptors (Lipinski definition) is 5. The Morgan fingerprint density at radius 3 is 2.58 bits per heavy atom. The number of anilines is 2. The molecule has 1 aromatic carbocycles. The molecule has 0 atom stereocenters. The topological polar surface area (TPSA) is 104 Å². The van der Waals surface area contributed by atoms with E-state index in [4.69, 9.17) is 4.74 Å². The van der Waals surface area contributed by atoms with Gasteiger partial charge in [-0.05, 0) is 65.7 Å². The molecule has 3 aromatic heterocycles. The Labute approximate surface area is 220 Å². The van der Waals surface area contributed by atoms with Crippen LogP contribution in [0.1, 0.15) is 55.4 Å². The highest BCUT2D eigenvalue weighted by atomic mass is 19.1. The first-order chi connectivity index (χ1) is 18.0. The average Bonchev–Trinajstić information content (AvgIpc) is 3.39. The number of alkyl carbamates (subject to hydrolysis) is 1. The van der Waals surface area contributed by atoms with Crippen molar-refractivity contribution in [3.63, 3.8) is 0 Å². The van der Waals surface area contributed by atoms with Crippen LogP contribution >= 0.6 is 0 Å². The summed E-state index contributed by atoms with van der Waals surface area (Å²) in [5.74, 6) is -0.837. The largest absolute Gasteiger partial charge is 0.444 e. The number of imidazole rings is 1. The van der Waals surface area contributed by atoms with Crippen LogP contribution in [-0.4, -0.2) is 51.1 Å². The molecule has 4 aromatic rings. The van der Waals surface area contributed by atoms with Gasteiger partial charge in [0.1, 0.15) is 5.60 Å². The summed E-state index contributed by atoms with van der Waals surface area (Å²) in [6, 6.07) is 7.11. The number of aryl methyl sites for hydroxylation is 2. The van der Waals surface area contributed by atoms with Crippen LogP contribution in [0.5, 0.6) is 0 Å². The minimum Gasteiger partial charge on any atom is -0.444 e. The number of aromatic nitrogens is 3. The molecule has 0 radical (unpaired) electrons. The van der Waals surface area contributed by atoms with Gasteiger partial charge in [-0.25, -0.2) is 14.2 Å². The number of nitrogens with one attached hydrogen (secondary N) is 3. The zero-order valence-corrected chi connectivity index (χ0v) is 22.3. The molecule has 1 aliphatic rings. The molecule has 10 heteroatoms. The highest BCUT2D eigenvalue weighted by molar-refractivity contribution is 6.14. The lowest BCUT2D eigenvalue weighted by atomic mass is 10.0. The van der Waals surface area contributed by atoms with Crippen molar-refractivity contribution in [2.45, 2.75) is 59.1 Å². The third-order valence-corrected chi connectivity index (χ3v) is 6.59. The monoisotopic (exact) mass is 520 g/mol. The third kappa shape index (κ3) is 5.29. The third-order valence-electron chi connectivity index (χ3n) is 6.59. The van der Waals surface area contributed by atoms with Crippen molar-refractivity contribution in [1.29, 1.82) is 0 Å². The van der Waals surface area contributed by atoms with E-state index in [1.807, 2.05) is 39.8 Å². The molecule has 4 heterocycles. The van der Waals surface area contributed by atoms with Gasteiger partial charge in [-0.15, -0.1) is 0 Å². The zero-order valence-electron chi connectivity index (χ0n) is 22.3. The fourth-order valence-corrected chi connectivity index (χ4v) is 4.99. The number of fused-ring (bicyclic) bond motifs is 2. The highest BCUT2D eigenvalue weighted by Gasteiger charge is 2.26. The van der Waals surface area contributed by atoms with E-state index in [0.717, 1.165) is 48.2 Å². The number of pyridine rings is 1. The maximum absolute atomic E-state index is 14.5. The Morgan fingerprint density at radius 2 is 1.87 bits per heavy atom. The molecule has 9 nitrogen and oxygen atoms in total. The molecule has 0 unspecified atom stereocenters. The molecule has 0 aliphatic carbocycles. The predicted molar refractivity (Wildman–Crippen MR) is 145 cm³/mol. The van der Waals surface area contributed by atoms with Gasteiger partial charge in [0.25, 0.3) is 5.91 Å². The summed E-state index contributed by atoms with van der Waals surface area (Å²) in [4.78, 5) is 35.2. The van der Waals surface area contributed by atoms with Gasteiger partial charge in [0.05, 0.1) is 22.5 Å². The normalized spacial score (nSPS) is 14.7. The first-order valence-electron chi connectivity index (χ1n) is 12.8. The van der Waals surface area contributed by atoms with Crippen molar-refractivity contribution in [2.75, 3.05) is 23.3 Å². The predicted octanol–water partition coefficient (Wildman–Crippen LogP) is 5.32. The summed E-state index contributed by atoms with van der Waals surface area (Å²) in [5.41, 5.74) is 3.89. The van der Waals surface area contributed by atoms with E-state index in [0.29, 0.717) is 16.9 Å². The van der Waals surface area contributed by atoms with Crippen LogP contribution in [0.3, 0.4) is 0 Å². The Bertz CT molecular complexity index is 1530. The van der Waals surface area contributed by atoms with Crippen LogP contribution in [0.15, 0.2) is 36.7 Å². The second-order valence-corrected chi connectivity index (χ2v) is 10.9. The van der Waals surface area contributed by atoms with Gasteiger partial charge in [0, 0.05) is 54.4 Å². The van der Waals surface area contributed by atoms with Crippen molar-refractivity contribution in [3.8, 4) is 0 Å². The number of benzene rings is 1. The van der Waals surface area contributed by atoms with Crippen LogP contribution in [0.2, 0.25) is 0 Å². The van der Waals surface area contributed by atoms with E-state index in [9.17, 15) is 14.0 Å². The number of halogens is 1. The van der Waals surface area contributed by atoms with Gasteiger partial charge in [-0.2, -0.15) is 0 Å². The van der Waals surface area contributed by atoms with Gasteiger partial charge in [-0.3, -0.25) is 4.79 Å². The number of hydrogen-bond donors (Lipinski definition) is 3. The van der Waals surface area contributed by atoms with Crippen LogP contribution < -0.4 is 15.5 Å². The van der Waals surface area contributed by atoms with Crippen molar-refractivity contribution >= 4 is 39.9 Å². The first-order valence-corrected chi connectivity index (χ1v) is 12.8.